The van der Waals surface area contributed by atoms with Crippen molar-refractivity contribution in [2.24, 2.45) is 5.92 Å². The molecule has 1 aliphatic rings. The van der Waals surface area contributed by atoms with Crippen molar-refractivity contribution in [3.05, 3.63) is 47.5 Å². The minimum atomic E-state index is -1.06. The Bertz CT molecular complexity index is 1210. The van der Waals surface area contributed by atoms with Gasteiger partial charge in [-0.3, -0.25) is 0 Å². The van der Waals surface area contributed by atoms with Crippen molar-refractivity contribution >= 4 is 22.8 Å². The molecule has 1 saturated heterocycles. The highest BCUT2D eigenvalue weighted by atomic mass is 19.2. The number of nitrogens with zero attached hydrogens (tertiary/aromatic N) is 4. The number of aryl methyl sites for hydroxylation is 1. The minimum absolute atomic E-state index is 0.0423. The molecule has 180 valence electrons. The van der Waals surface area contributed by atoms with Crippen LogP contribution >= 0.6 is 0 Å². The normalized spacial score (nSPS) is 14.1. The van der Waals surface area contributed by atoms with Crippen LogP contribution in [0, 0.1) is 24.5 Å². The second kappa shape index (κ2) is 9.79. The highest BCUT2D eigenvalue weighted by Gasteiger charge is 2.26. The molecule has 0 radical (unpaired) electrons. The summed E-state index contributed by atoms with van der Waals surface area (Å²) in [5.41, 5.74) is 1.47. The molecule has 1 fully saturated rings. The first-order valence-electron chi connectivity index (χ1n) is 11.3. The van der Waals surface area contributed by atoms with Crippen molar-refractivity contribution in [2.45, 2.75) is 20.8 Å². The Hall–Kier alpha value is -3.49. The van der Waals surface area contributed by atoms with Gasteiger partial charge in [0.05, 0.1) is 19.2 Å². The summed E-state index contributed by atoms with van der Waals surface area (Å²) in [6, 6.07) is 8.14. The first kappa shape index (κ1) is 23.7. The number of amides is 1. The standard InChI is InChI=1S/C25H28F2N4O3/c1-15(2)14-34-25(32)31-11-9-30(10-12-31)24-17-6-5-16(3)13-19(17)28-23(29-24)21-20(33-4)8-7-18(26)22(21)27/h5-8,13,15H,9-12,14H2,1-4H3. The smallest absolute Gasteiger partial charge is 0.409 e. The summed E-state index contributed by atoms with van der Waals surface area (Å²) in [7, 11) is 1.39. The molecule has 1 amide bonds. The molecule has 2 aromatic carbocycles. The number of hydrogen-bond acceptors (Lipinski definition) is 6. The van der Waals surface area contributed by atoms with E-state index >= 15 is 0 Å². The lowest BCUT2D eigenvalue weighted by molar-refractivity contribution is 0.0901. The average Bonchev–Trinajstić information content (AvgIpc) is 2.83. The molecule has 3 aromatic rings. The van der Waals surface area contributed by atoms with Crippen molar-refractivity contribution in [1.29, 1.82) is 0 Å². The zero-order chi connectivity index (χ0) is 24.4. The number of carbonyl (C=O) groups excluding carboxylic acids is 1. The molecule has 9 heteroatoms. The third-order valence-electron chi connectivity index (χ3n) is 5.71. The van der Waals surface area contributed by atoms with Gasteiger partial charge >= 0.3 is 6.09 Å². The van der Waals surface area contributed by atoms with Crippen LogP contribution in [0.4, 0.5) is 19.4 Å². The number of carbonyl (C=O) groups is 1. The Morgan fingerprint density at radius 2 is 1.82 bits per heavy atom. The average molecular weight is 471 g/mol. The summed E-state index contributed by atoms with van der Waals surface area (Å²) in [5.74, 6) is -1.01. The zero-order valence-corrected chi connectivity index (χ0v) is 19.8. The largest absolute Gasteiger partial charge is 0.496 e. The van der Waals surface area contributed by atoms with Crippen LogP contribution < -0.4 is 9.64 Å². The number of hydrogen-bond donors (Lipinski definition) is 0. The SMILES string of the molecule is COc1ccc(F)c(F)c1-c1nc(N2CCN(C(=O)OCC(C)C)CC2)c2ccc(C)cc2n1. The number of halogens is 2. The molecule has 1 aromatic heterocycles. The molecular weight excluding hydrogens is 442 g/mol. The van der Waals surface area contributed by atoms with Crippen LogP contribution in [-0.2, 0) is 4.74 Å². The zero-order valence-electron chi connectivity index (χ0n) is 19.8. The fraction of sp³-hybridized carbons (Fsp3) is 0.400. The third kappa shape index (κ3) is 4.73. The maximum atomic E-state index is 14.9. The fourth-order valence-electron chi connectivity index (χ4n) is 3.92. The topological polar surface area (TPSA) is 67.8 Å². The summed E-state index contributed by atoms with van der Waals surface area (Å²) in [6.45, 7) is 8.23. The number of fused-ring (bicyclic) bond motifs is 1. The molecule has 0 aliphatic carbocycles. The van der Waals surface area contributed by atoms with E-state index in [4.69, 9.17) is 9.47 Å². The van der Waals surface area contributed by atoms with Gasteiger partial charge in [0.15, 0.2) is 17.5 Å². The summed E-state index contributed by atoms with van der Waals surface area (Å²) in [4.78, 5) is 25.2. The van der Waals surface area contributed by atoms with E-state index in [0.717, 1.165) is 17.0 Å². The quantitative estimate of drug-likeness (QED) is 0.533. The predicted molar refractivity (Wildman–Crippen MR) is 126 cm³/mol. The number of rotatable bonds is 5. The van der Waals surface area contributed by atoms with Crippen LogP contribution in [0.3, 0.4) is 0 Å². The molecule has 0 bridgehead atoms. The lowest BCUT2D eigenvalue weighted by atomic mass is 10.1. The molecule has 0 saturated carbocycles. The summed E-state index contributed by atoms with van der Waals surface area (Å²) in [5, 5.41) is 0.793. The van der Waals surface area contributed by atoms with Gasteiger partial charge in [-0.1, -0.05) is 19.9 Å². The molecule has 34 heavy (non-hydrogen) atoms. The van der Waals surface area contributed by atoms with E-state index in [2.05, 4.69) is 9.97 Å². The van der Waals surface area contributed by atoms with Crippen LogP contribution in [0.15, 0.2) is 30.3 Å². The number of benzene rings is 2. The van der Waals surface area contributed by atoms with Gasteiger partial charge in [0.1, 0.15) is 17.1 Å². The van der Waals surface area contributed by atoms with Crippen molar-refractivity contribution < 1.29 is 23.0 Å². The van der Waals surface area contributed by atoms with Gasteiger partial charge in [0.2, 0.25) is 0 Å². The Labute approximate surface area is 197 Å². The molecule has 7 nitrogen and oxygen atoms in total. The third-order valence-corrected chi connectivity index (χ3v) is 5.71. The van der Waals surface area contributed by atoms with E-state index < -0.39 is 11.6 Å². The van der Waals surface area contributed by atoms with Crippen LogP contribution in [0.2, 0.25) is 0 Å². The number of piperazine rings is 1. The number of methoxy groups -OCH3 is 1. The predicted octanol–water partition coefficient (Wildman–Crippen LogP) is 4.81. The van der Waals surface area contributed by atoms with Gasteiger partial charge in [0, 0.05) is 31.6 Å². The first-order valence-corrected chi connectivity index (χ1v) is 11.3. The van der Waals surface area contributed by atoms with Crippen LogP contribution in [0.5, 0.6) is 5.75 Å². The van der Waals surface area contributed by atoms with Gasteiger partial charge in [-0.05, 0) is 42.7 Å². The Morgan fingerprint density at radius 1 is 1.09 bits per heavy atom. The van der Waals surface area contributed by atoms with Crippen LogP contribution in [0.1, 0.15) is 19.4 Å². The summed E-state index contributed by atoms with van der Waals surface area (Å²) < 4.78 is 39.6. The number of ether oxygens (including phenoxy) is 2. The van der Waals surface area contributed by atoms with E-state index in [1.807, 2.05) is 43.9 Å². The van der Waals surface area contributed by atoms with E-state index in [1.54, 1.807) is 4.90 Å². The van der Waals surface area contributed by atoms with E-state index in [-0.39, 0.29) is 29.1 Å². The van der Waals surface area contributed by atoms with E-state index in [0.29, 0.717) is 44.1 Å². The van der Waals surface area contributed by atoms with Crippen LogP contribution in [0.25, 0.3) is 22.3 Å². The molecule has 1 aliphatic heterocycles. The lowest BCUT2D eigenvalue weighted by Crippen LogP contribution is -2.49. The Morgan fingerprint density at radius 3 is 2.50 bits per heavy atom. The second-order valence-electron chi connectivity index (χ2n) is 8.77. The molecule has 2 heterocycles. The lowest BCUT2D eigenvalue weighted by Gasteiger charge is -2.35. The highest BCUT2D eigenvalue weighted by molar-refractivity contribution is 5.92. The number of anilines is 1. The van der Waals surface area contributed by atoms with Gasteiger partial charge in [-0.25, -0.2) is 23.5 Å². The van der Waals surface area contributed by atoms with Gasteiger partial charge < -0.3 is 19.3 Å². The van der Waals surface area contributed by atoms with E-state index in [1.165, 1.54) is 13.2 Å². The summed E-state index contributed by atoms with van der Waals surface area (Å²) >= 11 is 0. The van der Waals surface area contributed by atoms with Crippen molar-refractivity contribution in [2.75, 3.05) is 44.8 Å². The first-order chi connectivity index (χ1) is 16.3. The van der Waals surface area contributed by atoms with Crippen LogP contribution in [-0.4, -0.2) is 60.9 Å². The second-order valence-corrected chi connectivity index (χ2v) is 8.77. The van der Waals surface area contributed by atoms with Gasteiger partial charge in [0.25, 0.3) is 0 Å². The van der Waals surface area contributed by atoms with Gasteiger partial charge in [-0.15, -0.1) is 0 Å². The number of aromatic nitrogens is 2. The van der Waals surface area contributed by atoms with E-state index in [9.17, 15) is 13.6 Å². The maximum Gasteiger partial charge on any atom is 0.409 e. The highest BCUT2D eigenvalue weighted by Crippen LogP contribution is 2.35. The molecule has 0 atom stereocenters. The fourth-order valence-corrected chi connectivity index (χ4v) is 3.92. The summed E-state index contributed by atoms with van der Waals surface area (Å²) in [6.07, 6.45) is -0.330. The minimum Gasteiger partial charge on any atom is -0.496 e. The molecule has 0 N–H and O–H groups in total. The van der Waals surface area contributed by atoms with Crippen molar-refractivity contribution in [3.8, 4) is 17.1 Å². The van der Waals surface area contributed by atoms with Crippen molar-refractivity contribution in [3.63, 3.8) is 0 Å². The monoisotopic (exact) mass is 470 g/mol. The molecular formula is C25H28F2N4O3. The Balaban J connectivity index is 1.71. The molecule has 0 spiro atoms. The van der Waals surface area contributed by atoms with Gasteiger partial charge in [-0.2, -0.15) is 0 Å². The molecule has 4 rings (SSSR count). The molecule has 0 unspecified atom stereocenters. The Kier molecular flexibility index (Phi) is 6.81. The van der Waals surface area contributed by atoms with Crippen molar-refractivity contribution in [1.82, 2.24) is 14.9 Å². The maximum absolute atomic E-state index is 14.9.